The van der Waals surface area contributed by atoms with Gasteiger partial charge in [-0.05, 0) is 24.6 Å². The summed E-state index contributed by atoms with van der Waals surface area (Å²) < 4.78 is 31.1. The van der Waals surface area contributed by atoms with E-state index in [-0.39, 0.29) is 18.1 Å². The number of nitrogens with one attached hydrogen (secondary N) is 1. The van der Waals surface area contributed by atoms with Crippen LogP contribution in [-0.4, -0.2) is 19.1 Å². The highest BCUT2D eigenvalue weighted by Gasteiger charge is 2.18. The Balaban J connectivity index is 2.64. The number of methoxy groups -OCH3 is 1. The topological polar surface area (TPSA) is 38.3 Å². The van der Waals surface area contributed by atoms with Crippen LogP contribution in [0, 0.1) is 11.6 Å². The van der Waals surface area contributed by atoms with Gasteiger partial charge < -0.3 is 10.1 Å². The number of esters is 1. The number of benzene rings is 1. The van der Waals surface area contributed by atoms with Gasteiger partial charge in [0.15, 0.2) is 0 Å². The van der Waals surface area contributed by atoms with Crippen molar-refractivity contribution in [1.29, 1.82) is 0 Å². The molecule has 0 aliphatic rings. The SMILES string of the molecule is CCCCC(NCc1cc(F)ccc1F)C(=O)OC. The highest BCUT2D eigenvalue weighted by molar-refractivity contribution is 5.75. The molecule has 0 bridgehead atoms. The van der Waals surface area contributed by atoms with Crippen molar-refractivity contribution in [2.75, 3.05) is 7.11 Å². The zero-order valence-electron chi connectivity index (χ0n) is 11.2. The van der Waals surface area contributed by atoms with Crippen molar-refractivity contribution in [3.63, 3.8) is 0 Å². The van der Waals surface area contributed by atoms with Crippen LogP contribution in [0.5, 0.6) is 0 Å². The van der Waals surface area contributed by atoms with Crippen molar-refractivity contribution < 1.29 is 18.3 Å². The summed E-state index contributed by atoms with van der Waals surface area (Å²) in [7, 11) is 1.31. The maximum absolute atomic E-state index is 13.4. The smallest absolute Gasteiger partial charge is 0.322 e. The lowest BCUT2D eigenvalue weighted by Gasteiger charge is -2.16. The molecule has 0 spiro atoms. The van der Waals surface area contributed by atoms with Gasteiger partial charge in [-0.2, -0.15) is 0 Å². The zero-order valence-corrected chi connectivity index (χ0v) is 11.2. The van der Waals surface area contributed by atoms with E-state index in [0.717, 1.165) is 31.0 Å². The third-order valence-corrected chi connectivity index (χ3v) is 2.88. The zero-order chi connectivity index (χ0) is 14.3. The standard InChI is InChI=1S/C14H19F2NO2/c1-3-4-5-13(14(18)19-2)17-9-10-8-11(15)6-7-12(10)16/h6-8,13,17H,3-5,9H2,1-2H3. The molecule has 0 saturated carbocycles. The minimum absolute atomic E-state index is 0.0904. The van der Waals surface area contributed by atoms with Crippen LogP contribution in [0.1, 0.15) is 31.7 Å². The van der Waals surface area contributed by atoms with E-state index in [0.29, 0.717) is 6.42 Å². The van der Waals surface area contributed by atoms with E-state index < -0.39 is 17.7 Å². The van der Waals surface area contributed by atoms with Crippen LogP contribution in [0.25, 0.3) is 0 Å². The Kier molecular flexibility index (Phi) is 6.42. The number of carbonyl (C=O) groups is 1. The number of rotatable bonds is 7. The molecular formula is C14H19F2NO2. The second kappa shape index (κ2) is 7.84. The summed E-state index contributed by atoms with van der Waals surface area (Å²) in [5, 5.41) is 2.91. The molecule has 1 N–H and O–H groups in total. The largest absolute Gasteiger partial charge is 0.468 e. The molecule has 1 aromatic rings. The average molecular weight is 271 g/mol. The van der Waals surface area contributed by atoms with Gasteiger partial charge in [0.2, 0.25) is 0 Å². The number of carbonyl (C=O) groups excluding carboxylic acids is 1. The lowest BCUT2D eigenvalue weighted by atomic mass is 10.1. The van der Waals surface area contributed by atoms with Gasteiger partial charge in [-0.3, -0.25) is 4.79 Å². The summed E-state index contributed by atoms with van der Waals surface area (Å²) >= 11 is 0. The van der Waals surface area contributed by atoms with E-state index in [1.54, 1.807) is 0 Å². The minimum Gasteiger partial charge on any atom is -0.468 e. The van der Waals surface area contributed by atoms with Crippen molar-refractivity contribution in [2.45, 2.75) is 38.8 Å². The van der Waals surface area contributed by atoms with Gasteiger partial charge in [0.1, 0.15) is 17.7 Å². The van der Waals surface area contributed by atoms with E-state index in [1.807, 2.05) is 6.92 Å². The molecule has 0 amide bonds. The maximum Gasteiger partial charge on any atom is 0.322 e. The molecule has 0 radical (unpaired) electrons. The minimum atomic E-state index is -0.499. The van der Waals surface area contributed by atoms with Crippen molar-refractivity contribution in [3.05, 3.63) is 35.4 Å². The molecule has 0 aliphatic heterocycles. The highest BCUT2D eigenvalue weighted by Crippen LogP contribution is 2.11. The first kappa shape index (κ1) is 15.6. The quantitative estimate of drug-likeness (QED) is 0.775. The summed E-state index contributed by atoms with van der Waals surface area (Å²) in [6.45, 7) is 2.10. The second-order valence-electron chi connectivity index (χ2n) is 4.33. The van der Waals surface area contributed by atoms with Gasteiger partial charge in [0.25, 0.3) is 0 Å². The lowest BCUT2D eigenvalue weighted by molar-refractivity contribution is -0.143. The van der Waals surface area contributed by atoms with E-state index in [9.17, 15) is 13.6 Å². The Morgan fingerprint density at radius 2 is 2.16 bits per heavy atom. The molecule has 0 aliphatic carbocycles. The fourth-order valence-electron chi connectivity index (χ4n) is 1.77. The van der Waals surface area contributed by atoms with Crippen molar-refractivity contribution in [1.82, 2.24) is 5.32 Å². The molecule has 1 unspecified atom stereocenters. The Morgan fingerprint density at radius 3 is 2.79 bits per heavy atom. The average Bonchev–Trinajstić information content (AvgIpc) is 2.41. The van der Waals surface area contributed by atoms with Crippen LogP contribution in [0.4, 0.5) is 8.78 Å². The summed E-state index contributed by atoms with van der Waals surface area (Å²) in [5.41, 5.74) is 0.199. The Hall–Kier alpha value is -1.49. The van der Waals surface area contributed by atoms with Gasteiger partial charge in [0.05, 0.1) is 7.11 Å². The van der Waals surface area contributed by atoms with E-state index >= 15 is 0 Å². The lowest BCUT2D eigenvalue weighted by Crippen LogP contribution is -2.37. The molecule has 0 saturated heterocycles. The molecule has 106 valence electrons. The Labute approximate surface area is 112 Å². The predicted octanol–water partition coefficient (Wildman–Crippen LogP) is 2.79. The first-order valence-corrected chi connectivity index (χ1v) is 6.33. The third kappa shape index (κ3) is 4.95. The Bertz CT molecular complexity index is 424. The number of halogens is 2. The van der Waals surface area contributed by atoms with Crippen molar-refractivity contribution in [3.8, 4) is 0 Å². The number of ether oxygens (including phenoxy) is 1. The number of hydrogen-bond donors (Lipinski definition) is 1. The third-order valence-electron chi connectivity index (χ3n) is 2.88. The fraction of sp³-hybridized carbons (Fsp3) is 0.500. The summed E-state index contributed by atoms with van der Waals surface area (Å²) in [6, 6.07) is 2.77. The molecule has 1 atom stereocenters. The first-order valence-electron chi connectivity index (χ1n) is 6.33. The number of hydrogen-bond acceptors (Lipinski definition) is 3. The molecule has 0 heterocycles. The van der Waals surface area contributed by atoms with E-state index in [2.05, 4.69) is 10.1 Å². The summed E-state index contributed by atoms with van der Waals surface area (Å²) in [6.07, 6.45) is 2.42. The first-order chi connectivity index (χ1) is 9.08. The molecule has 5 heteroatoms. The highest BCUT2D eigenvalue weighted by atomic mass is 19.1. The number of unbranched alkanes of at least 4 members (excludes halogenated alkanes) is 1. The van der Waals surface area contributed by atoms with Gasteiger partial charge in [-0.15, -0.1) is 0 Å². The van der Waals surface area contributed by atoms with E-state index in [1.165, 1.54) is 7.11 Å². The molecule has 19 heavy (non-hydrogen) atoms. The molecule has 0 fully saturated rings. The predicted molar refractivity (Wildman–Crippen MR) is 68.5 cm³/mol. The summed E-state index contributed by atoms with van der Waals surface area (Å²) in [5.74, 6) is -1.38. The second-order valence-corrected chi connectivity index (χ2v) is 4.33. The van der Waals surface area contributed by atoms with Crippen LogP contribution in [-0.2, 0) is 16.1 Å². The van der Waals surface area contributed by atoms with Crippen molar-refractivity contribution >= 4 is 5.97 Å². The van der Waals surface area contributed by atoms with Gasteiger partial charge in [-0.25, -0.2) is 8.78 Å². The van der Waals surface area contributed by atoms with Crippen LogP contribution < -0.4 is 5.32 Å². The van der Waals surface area contributed by atoms with Crippen LogP contribution >= 0.6 is 0 Å². The normalized spacial score (nSPS) is 12.2. The van der Waals surface area contributed by atoms with Gasteiger partial charge in [-0.1, -0.05) is 19.8 Å². The maximum atomic E-state index is 13.4. The van der Waals surface area contributed by atoms with Crippen molar-refractivity contribution in [2.24, 2.45) is 0 Å². The molecule has 0 aromatic heterocycles. The van der Waals surface area contributed by atoms with Gasteiger partial charge >= 0.3 is 5.97 Å². The van der Waals surface area contributed by atoms with Crippen LogP contribution in [0.3, 0.4) is 0 Å². The fourth-order valence-corrected chi connectivity index (χ4v) is 1.77. The van der Waals surface area contributed by atoms with Gasteiger partial charge in [0, 0.05) is 12.1 Å². The molecule has 1 rings (SSSR count). The molecular weight excluding hydrogens is 252 g/mol. The Morgan fingerprint density at radius 1 is 1.42 bits per heavy atom. The van der Waals surface area contributed by atoms with Crippen LogP contribution in [0.15, 0.2) is 18.2 Å². The molecule has 3 nitrogen and oxygen atoms in total. The van der Waals surface area contributed by atoms with E-state index in [4.69, 9.17) is 0 Å². The monoisotopic (exact) mass is 271 g/mol. The van der Waals surface area contributed by atoms with Crippen LogP contribution in [0.2, 0.25) is 0 Å². The molecule has 1 aromatic carbocycles. The summed E-state index contributed by atoms with van der Waals surface area (Å²) in [4.78, 5) is 11.5.